The molecule has 1 unspecified atom stereocenters. The summed E-state index contributed by atoms with van der Waals surface area (Å²) in [7, 11) is 0. The molecule has 116 valence electrons. The molecular formula is C13H20N4O3S. The molecule has 1 saturated heterocycles. The molecule has 0 aromatic carbocycles. The van der Waals surface area contributed by atoms with E-state index in [4.69, 9.17) is 15.7 Å². The number of rotatable bonds is 5. The second-order valence-electron chi connectivity index (χ2n) is 4.98. The van der Waals surface area contributed by atoms with Crippen molar-refractivity contribution in [2.45, 2.75) is 32.2 Å². The van der Waals surface area contributed by atoms with Crippen LogP contribution in [0.2, 0.25) is 0 Å². The van der Waals surface area contributed by atoms with Crippen LogP contribution < -0.4 is 11.1 Å². The molecule has 0 saturated carbocycles. The van der Waals surface area contributed by atoms with Gasteiger partial charge in [-0.25, -0.2) is 4.98 Å². The number of nitrogens with one attached hydrogen (secondary N) is 1. The standard InChI is InChI=1S/C13H20N4O3S/c1-2-9(10-15-5-8-21-10)16-12(18)13(11(14)17-19)3-6-20-7-4-13/h5,8-9,19H,2-4,6-7H2,1H3,(H2,14,17)(H,16,18). The van der Waals surface area contributed by atoms with E-state index in [1.54, 1.807) is 6.20 Å². The van der Waals surface area contributed by atoms with Gasteiger partial charge in [0.05, 0.1) is 6.04 Å². The van der Waals surface area contributed by atoms with Crippen molar-refractivity contribution in [2.24, 2.45) is 16.3 Å². The van der Waals surface area contributed by atoms with E-state index in [1.165, 1.54) is 11.3 Å². The van der Waals surface area contributed by atoms with Crippen molar-refractivity contribution in [3.8, 4) is 0 Å². The first-order valence-electron chi connectivity index (χ1n) is 6.90. The first-order valence-corrected chi connectivity index (χ1v) is 7.78. The Bertz CT molecular complexity index is 498. The van der Waals surface area contributed by atoms with Crippen molar-refractivity contribution in [1.82, 2.24) is 10.3 Å². The van der Waals surface area contributed by atoms with Gasteiger partial charge >= 0.3 is 0 Å². The fourth-order valence-electron chi connectivity index (χ4n) is 2.46. The summed E-state index contributed by atoms with van der Waals surface area (Å²) in [5.41, 5.74) is 4.79. The second-order valence-corrected chi connectivity index (χ2v) is 5.91. The average molecular weight is 312 g/mol. The highest BCUT2D eigenvalue weighted by molar-refractivity contribution is 7.09. The molecule has 0 spiro atoms. The molecule has 4 N–H and O–H groups in total. The van der Waals surface area contributed by atoms with Gasteiger partial charge in [0.2, 0.25) is 5.91 Å². The highest BCUT2D eigenvalue weighted by Crippen LogP contribution is 2.32. The van der Waals surface area contributed by atoms with E-state index < -0.39 is 5.41 Å². The Morgan fingerprint density at radius 1 is 1.67 bits per heavy atom. The van der Waals surface area contributed by atoms with Gasteiger partial charge in [0.25, 0.3) is 0 Å². The average Bonchev–Trinajstić information content (AvgIpc) is 3.06. The predicted octanol–water partition coefficient (Wildman–Crippen LogP) is 1.25. The monoisotopic (exact) mass is 312 g/mol. The first-order chi connectivity index (χ1) is 10.1. The molecular weight excluding hydrogens is 292 g/mol. The van der Waals surface area contributed by atoms with E-state index in [1.807, 2.05) is 12.3 Å². The molecule has 21 heavy (non-hydrogen) atoms. The minimum atomic E-state index is -1.00. The lowest BCUT2D eigenvalue weighted by Crippen LogP contribution is -2.53. The molecule has 1 atom stereocenters. The van der Waals surface area contributed by atoms with Crippen molar-refractivity contribution < 1.29 is 14.7 Å². The van der Waals surface area contributed by atoms with Crippen molar-refractivity contribution in [3.63, 3.8) is 0 Å². The Kier molecular flexibility index (Phi) is 5.13. The van der Waals surface area contributed by atoms with Crippen LogP contribution in [0.3, 0.4) is 0 Å². The lowest BCUT2D eigenvalue weighted by Gasteiger charge is -2.35. The van der Waals surface area contributed by atoms with Gasteiger partial charge in [0.15, 0.2) is 5.84 Å². The predicted molar refractivity (Wildman–Crippen MR) is 79.2 cm³/mol. The van der Waals surface area contributed by atoms with E-state index in [9.17, 15) is 4.79 Å². The number of carbonyl (C=O) groups excluding carboxylic acids is 1. The minimum Gasteiger partial charge on any atom is -0.409 e. The van der Waals surface area contributed by atoms with Crippen molar-refractivity contribution >= 4 is 23.1 Å². The molecule has 0 aliphatic carbocycles. The summed E-state index contributed by atoms with van der Waals surface area (Å²) in [6, 6.07) is -0.163. The number of hydrogen-bond donors (Lipinski definition) is 3. The minimum absolute atomic E-state index is 0.0581. The third-order valence-electron chi connectivity index (χ3n) is 3.84. The quantitative estimate of drug-likeness (QED) is 0.328. The van der Waals surface area contributed by atoms with Crippen molar-refractivity contribution in [2.75, 3.05) is 13.2 Å². The summed E-state index contributed by atoms with van der Waals surface area (Å²) in [4.78, 5) is 17.0. The van der Waals surface area contributed by atoms with Crippen LogP contribution in [-0.4, -0.2) is 35.1 Å². The van der Waals surface area contributed by atoms with Crippen LogP contribution in [-0.2, 0) is 9.53 Å². The van der Waals surface area contributed by atoms with Gasteiger partial charge < -0.3 is 21.0 Å². The molecule has 0 bridgehead atoms. The second kappa shape index (κ2) is 6.86. The molecule has 1 aliphatic rings. The Labute approximate surface area is 127 Å². The molecule has 1 aliphatic heterocycles. The lowest BCUT2D eigenvalue weighted by molar-refractivity contribution is -0.132. The number of amidine groups is 1. The molecule has 2 heterocycles. The zero-order valence-corrected chi connectivity index (χ0v) is 12.7. The van der Waals surface area contributed by atoms with Gasteiger partial charge in [-0.05, 0) is 19.3 Å². The first kappa shape index (κ1) is 15.7. The number of amides is 1. The number of oxime groups is 1. The molecule has 1 aromatic heterocycles. The highest BCUT2D eigenvalue weighted by Gasteiger charge is 2.45. The lowest BCUT2D eigenvalue weighted by atomic mass is 9.78. The number of thiazole rings is 1. The van der Waals surface area contributed by atoms with Gasteiger partial charge in [-0.2, -0.15) is 0 Å². The maximum absolute atomic E-state index is 12.7. The summed E-state index contributed by atoms with van der Waals surface area (Å²) in [5.74, 6) is -0.291. The molecule has 1 fully saturated rings. The normalized spacial score (nSPS) is 20.0. The van der Waals surface area contributed by atoms with E-state index in [-0.39, 0.29) is 17.8 Å². The Morgan fingerprint density at radius 2 is 2.38 bits per heavy atom. The number of carbonyl (C=O) groups is 1. The van der Waals surface area contributed by atoms with E-state index in [2.05, 4.69) is 15.5 Å². The van der Waals surface area contributed by atoms with Crippen LogP contribution in [0.15, 0.2) is 16.7 Å². The number of ether oxygens (including phenoxy) is 1. The molecule has 8 heteroatoms. The fourth-order valence-corrected chi connectivity index (χ4v) is 3.23. The number of nitrogens with two attached hydrogens (primary N) is 1. The van der Waals surface area contributed by atoms with Gasteiger partial charge in [0.1, 0.15) is 10.4 Å². The number of hydrogen-bond acceptors (Lipinski definition) is 6. The fraction of sp³-hybridized carbons (Fsp3) is 0.615. The van der Waals surface area contributed by atoms with Crippen LogP contribution in [0, 0.1) is 5.41 Å². The zero-order valence-electron chi connectivity index (χ0n) is 11.9. The summed E-state index contributed by atoms with van der Waals surface area (Å²) in [6.45, 7) is 2.81. The Morgan fingerprint density at radius 3 is 2.90 bits per heavy atom. The van der Waals surface area contributed by atoms with Crippen LogP contribution >= 0.6 is 11.3 Å². The molecule has 2 rings (SSSR count). The van der Waals surface area contributed by atoms with Crippen LogP contribution in [0.25, 0.3) is 0 Å². The maximum atomic E-state index is 12.7. The molecule has 7 nitrogen and oxygen atoms in total. The van der Waals surface area contributed by atoms with E-state index in [0.717, 1.165) is 11.4 Å². The van der Waals surface area contributed by atoms with Crippen LogP contribution in [0.1, 0.15) is 37.2 Å². The Hall–Kier alpha value is -1.67. The van der Waals surface area contributed by atoms with Crippen LogP contribution in [0.5, 0.6) is 0 Å². The van der Waals surface area contributed by atoms with Crippen molar-refractivity contribution in [3.05, 3.63) is 16.6 Å². The van der Waals surface area contributed by atoms with Gasteiger partial charge in [0, 0.05) is 24.8 Å². The smallest absolute Gasteiger partial charge is 0.234 e. The van der Waals surface area contributed by atoms with Gasteiger partial charge in [-0.3, -0.25) is 4.79 Å². The molecule has 1 amide bonds. The summed E-state index contributed by atoms with van der Waals surface area (Å²) in [5, 5.41) is 17.8. The third-order valence-corrected chi connectivity index (χ3v) is 4.73. The topological polar surface area (TPSA) is 110 Å². The molecule has 0 radical (unpaired) electrons. The number of aromatic nitrogens is 1. The van der Waals surface area contributed by atoms with E-state index in [0.29, 0.717) is 26.1 Å². The largest absolute Gasteiger partial charge is 0.409 e. The van der Waals surface area contributed by atoms with E-state index >= 15 is 0 Å². The van der Waals surface area contributed by atoms with Gasteiger partial charge in [-0.1, -0.05) is 12.1 Å². The Balaban J connectivity index is 2.18. The highest BCUT2D eigenvalue weighted by atomic mass is 32.1. The summed E-state index contributed by atoms with van der Waals surface area (Å²) in [6.07, 6.45) is 3.25. The van der Waals surface area contributed by atoms with Crippen LogP contribution in [0.4, 0.5) is 0 Å². The van der Waals surface area contributed by atoms with Crippen molar-refractivity contribution in [1.29, 1.82) is 0 Å². The summed E-state index contributed by atoms with van der Waals surface area (Å²) >= 11 is 1.50. The maximum Gasteiger partial charge on any atom is 0.234 e. The SMILES string of the molecule is CCC(NC(=O)C1(C(N)=NO)CCOCC1)c1nccs1. The molecule has 1 aromatic rings. The summed E-state index contributed by atoms with van der Waals surface area (Å²) < 4.78 is 5.29. The zero-order chi connectivity index (χ0) is 15.3. The van der Waals surface area contributed by atoms with Gasteiger partial charge in [-0.15, -0.1) is 11.3 Å². The third kappa shape index (κ3) is 3.16. The number of nitrogens with zero attached hydrogens (tertiary/aromatic N) is 2.